The maximum absolute atomic E-state index is 14.7. The Balaban J connectivity index is 1.34. The van der Waals surface area contributed by atoms with Gasteiger partial charge in [0.25, 0.3) is 0 Å². The van der Waals surface area contributed by atoms with Gasteiger partial charge in [0.05, 0.1) is 40.3 Å². The molecule has 1 aliphatic rings. The van der Waals surface area contributed by atoms with Crippen LogP contribution < -0.4 is 20.1 Å². The third kappa shape index (κ3) is 7.84. The number of carbonyl (C=O) groups is 2. The molecule has 0 saturated heterocycles. The van der Waals surface area contributed by atoms with Crippen LogP contribution in [0.3, 0.4) is 0 Å². The van der Waals surface area contributed by atoms with Crippen molar-refractivity contribution in [2.45, 2.75) is 38.3 Å². The van der Waals surface area contributed by atoms with Gasteiger partial charge in [-0.05, 0) is 48.9 Å². The second-order valence-electron chi connectivity index (χ2n) is 10.7. The van der Waals surface area contributed by atoms with Crippen molar-refractivity contribution in [1.82, 2.24) is 15.3 Å². The Kier molecular flexibility index (Phi) is 10.4. The number of anilines is 2. The summed E-state index contributed by atoms with van der Waals surface area (Å²) in [5.74, 6) is -1.23. The molecule has 0 spiro atoms. The third-order valence-electron chi connectivity index (χ3n) is 7.75. The molecular formula is C32H31Cl2FN4O6. The highest BCUT2D eigenvalue weighted by Crippen LogP contribution is 2.38. The van der Waals surface area contributed by atoms with E-state index in [-0.39, 0.29) is 34.9 Å². The maximum Gasteiger partial charge on any atom is 0.407 e. The van der Waals surface area contributed by atoms with Gasteiger partial charge in [-0.2, -0.15) is 0 Å². The van der Waals surface area contributed by atoms with Crippen molar-refractivity contribution >= 4 is 57.7 Å². The number of methoxy groups -OCH3 is 1. The fraction of sp³-hybridized carbons (Fsp3) is 0.312. The van der Waals surface area contributed by atoms with Crippen LogP contribution >= 0.6 is 23.2 Å². The van der Waals surface area contributed by atoms with Gasteiger partial charge in [0.2, 0.25) is 0 Å². The molecule has 3 aromatic carbocycles. The molecule has 13 heteroatoms. The van der Waals surface area contributed by atoms with E-state index in [1.807, 2.05) is 30.3 Å². The number of nitrogens with zero attached hydrogens (tertiary/aromatic N) is 2. The lowest BCUT2D eigenvalue weighted by molar-refractivity contribution is -0.143. The van der Waals surface area contributed by atoms with E-state index in [4.69, 9.17) is 37.4 Å². The molecule has 45 heavy (non-hydrogen) atoms. The summed E-state index contributed by atoms with van der Waals surface area (Å²) in [7, 11) is 1.47. The number of nitrogens with one attached hydrogen (secondary N) is 2. The highest BCUT2D eigenvalue weighted by atomic mass is 35.5. The molecule has 1 amide bonds. The van der Waals surface area contributed by atoms with Gasteiger partial charge in [-0.3, -0.25) is 4.79 Å². The Hall–Kier alpha value is -4.35. The first kappa shape index (κ1) is 32.1. The minimum atomic E-state index is -0.843. The minimum Gasteiger partial charge on any atom is -0.493 e. The zero-order valence-electron chi connectivity index (χ0n) is 24.3. The normalized spacial score (nSPS) is 16.6. The summed E-state index contributed by atoms with van der Waals surface area (Å²) in [6.07, 6.45) is 3.19. The van der Waals surface area contributed by atoms with Crippen molar-refractivity contribution in [3.05, 3.63) is 82.4 Å². The molecule has 1 aliphatic carbocycles. The van der Waals surface area contributed by atoms with Crippen LogP contribution in [0.4, 0.5) is 20.7 Å². The molecule has 1 saturated carbocycles. The maximum atomic E-state index is 14.7. The number of carboxylic acid groups (broad SMARTS) is 1. The van der Waals surface area contributed by atoms with Crippen molar-refractivity contribution in [2.24, 2.45) is 11.8 Å². The van der Waals surface area contributed by atoms with Crippen molar-refractivity contribution in [2.75, 3.05) is 19.0 Å². The van der Waals surface area contributed by atoms with E-state index < -0.39 is 29.8 Å². The summed E-state index contributed by atoms with van der Waals surface area (Å²) in [5.41, 5.74) is 1.38. The van der Waals surface area contributed by atoms with Crippen LogP contribution in [0.1, 0.15) is 31.2 Å². The lowest BCUT2D eigenvalue weighted by Crippen LogP contribution is -2.41. The molecule has 1 aromatic heterocycles. The highest BCUT2D eigenvalue weighted by Gasteiger charge is 2.35. The second-order valence-corrected chi connectivity index (χ2v) is 11.5. The highest BCUT2D eigenvalue weighted by molar-refractivity contribution is 6.42. The summed E-state index contributed by atoms with van der Waals surface area (Å²) in [4.78, 5) is 33.2. The van der Waals surface area contributed by atoms with Crippen molar-refractivity contribution in [1.29, 1.82) is 0 Å². The lowest BCUT2D eigenvalue weighted by atomic mass is 9.90. The lowest BCUT2D eigenvalue weighted by Gasteiger charge is -2.25. The fourth-order valence-electron chi connectivity index (χ4n) is 5.49. The smallest absolute Gasteiger partial charge is 0.407 e. The van der Waals surface area contributed by atoms with Crippen LogP contribution in [0.5, 0.6) is 11.5 Å². The molecule has 10 nitrogen and oxygen atoms in total. The van der Waals surface area contributed by atoms with Gasteiger partial charge in [0, 0.05) is 11.5 Å². The monoisotopic (exact) mass is 656 g/mol. The second kappa shape index (κ2) is 14.6. The molecule has 1 unspecified atom stereocenters. The summed E-state index contributed by atoms with van der Waals surface area (Å²) in [6, 6.07) is 14.9. The number of aliphatic carboxylic acids is 1. The number of carboxylic acids is 1. The molecule has 5 rings (SSSR count). The van der Waals surface area contributed by atoms with E-state index in [1.54, 1.807) is 12.1 Å². The quantitative estimate of drug-likeness (QED) is 0.133. The first-order valence-electron chi connectivity index (χ1n) is 14.3. The Bertz CT molecular complexity index is 1680. The van der Waals surface area contributed by atoms with E-state index in [0.29, 0.717) is 41.1 Å². The molecule has 3 N–H and O–H groups in total. The number of aromatic nitrogens is 2. The van der Waals surface area contributed by atoms with Crippen molar-refractivity contribution in [3.63, 3.8) is 0 Å². The minimum absolute atomic E-state index is 0.00974. The van der Waals surface area contributed by atoms with Gasteiger partial charge in [0.15, 0.2) is 17.3 Å². The number of ether oxygens (including phenoxy) is 3. The van der Waals surface area contributed by atoms with Crippen LogP contribution in [-0.4, -0.2) is 46.9 Å². The van der Waals surface area contributed by atoms with E-state index >= 15 is 0 Å². The molecule has 4 aromatic rings. The summed E-state index contributed by atoms with van der Waals surface area (Å²) in [6.45, 7) is 0.0952. The Morgan fingerprint density at radius 1 is 1.09 bits per heavy atom. The summed E-state index contributed by atoms with van der Waals surface area (Å²) in [5, 5.41) is 15.9. The van der Waals surface area contributed by atoms with Gasteiger partial charge < -0.3 is 30.0 Å². The standard InChI is InChI=1S/C32H31Cl2FN4O6/c1-43-26-13-22-25(36-17-37-30(22)39-24-11-10-23(33)28(34)29(24)35)14-27(26)44-16-20(12-19-8-5-9-21(19)31(40)41)38-32(42)45-15-18-6-3-2-4-7-18/h2-4,6-7,10-11,13-14,17,19-21H,5,8-9,12,15-16H2,1H3,(H,38,42)(H,40,41)(H,36,37,39)/t19?,20-,21+/m0/s1. The molecular weight excluding hydrogens is 626 g/mol. The van der Waals surface area contributed by atoms with Gasteiger partial charge in [0.1, 0.15) is 25.4 Å². The number of alkyl carbamates (subject to hydrolysis) is 1. The molecule has 1 fully saturated rings. The van der Waals surface area contributed by atoms with Crippen LogP contribution in [0.15, 0.2) is 60.9 Å². The molecule has 0 radical (unpaired) electrons. The van der Waals surface area contributed by atoms with Gasteiger partial charge >= 0.3 is 12.1 Å². The SMILES string of the molecule is COc1cc2c(Nc3ccc(Cl)c(Cl)c3F)ncnc2cc1OC[C@H](CC1CCC[C@H]1C(=O)O)NC(=O)OCc1ccccc1. The predicted molar refractivity (Wildman–Crippen MR) is 168 cm³/mol. The summed E-state index contributed by atoms with van der Waals surface area (Å²) < 4.78 is 31.9. The van der Waals surface area contributed by atoms with Gasteiger partial charge in [-0.15, -0.1) is 0 Å². The molecule has 0 bridgehead atoms. The number of hydrogen-bond donors (Lipinski definition) is 3. The van der Waals surface area contributed by atoms with Crippen LogP contribution in [0.25, 0.3) is 10.9 Å². The molecule has 1 heterocycles. The number of fused-ring (bicyclic) bond motifs is 1. The fourth-order valence-corrected chi connectivity index (χ4v) is 5.80. The van der Waals surface area contributed by atoms with Crippen LogP contribution in [0, 0.1) is 17.7 Å². The van der Waals surface area contributed by atoms with E-state index in [2.05, 4.69) is 20.6 Å². The summed E-state index contributed by atoms with van der Waals surface area (Å²) >= 11 is 11.9. The average molecular weight is 658 g/mol. The zero-order chi connectivity index (χ0) is 31.9. The number of halogens is 3. The topological polar surface area (TPSA) is 132 Å². The van der Waals surface area contributed by atoms with Crippen molar-refractivity contribution < 1.29 is 33.3 Å². The Morgan fingerprint density at radius 3 is 2.64 bits per heavy atom. The largest absolute Gasteiger partial charge is 0.493 e. The number of benzene rings is 3. The third-order valence-corrected chi connectivity index (χ3v) is 8.53. The van der Waals surface area contributed by atoms with Crippen molar-refractivity contribution in [3.8, 4) is 11.5 Å². The van der Waals surface area contributed by atoms with Crippen LogP contribution in [0.2, 0.25) is 10.0 Å². The number of rotatable bonds is 12. The number of hydrogen-bond acceptors (Lipinski definition) is 8. The van der Waals surface area contributed by atoms with E-state index in [0.717, 1.165) is 18.4 Å². The molecule has 236 valence electrons. The number of amides is 1. The van der Waals surface area contributed by atoms with E-state index in [9.17, 15) is 19.1 Å². The van der Waals surface area contributed by atoms with Gasteiger partial charge in [-0.25, -0.2) is 19.2 Å². The first-order chi connectivity index (χ1) is 21.7. The average Bonchev–Trinajstić information content (AvgIpc) is 3.51. The Morgan fingerprint density at radius 2 is 1.89 bits per heavy atom. The first-order valence-corrected chi connectivity index (χ1v) is 15.0. The zero-order valence-corrected chi connectivity index (χ0v) is 25.8. The van der Waals surface area contributed by atoms with Crippen LogP contribution in [-0.2, 0) is 16.1 Å². The van der Waals surface area contributed by atoms with Gasteiger partial charge in [-0.1, -0.05) is 60.0 Å². The molecule has 3 atom stereocenters. The number of carbonyl (C=O) groups excluding carboxylic acids is 1. The molecule has 0 aliphatic heterocycles. The Labute approximate surface area is 268 Å². The van der Waals surface area contributed by atoms with E-state index in [1.165, 1.54) is 25.6 Å². The predicted octanol–water partition coefficient (Wildman–Crippen LogP) is 7.39.